The second-order valence-electron chi connectivity index (χ2n) is 4.94. The molecule has 1 aromatic rings. The van der Waals surface area contributed by atoms with Crippen molar-refractivity contribution in [2.45, 2.75) is 45.7 Å². The summed E-state index contributed by atoms with van der Waals surface area (Å²) in [7, 11) is 0. The molecule has 4 heteroatoms. The topological polar surface area (TPSA) is 17.1 Å². The number of alkyl halides is 3. The van der Waals surface area contributed by atoms with Gasteiger partial charge in [-0.05, 0) is 23.0 Å². The molecule has 0 aromatic heterocycles. The van der Waals surface area contributed by atoms with Gasteiger partial charge in [-0.2, -0.15) is 13.2 Å². The van der Waals surface area contributed by atoms with Gasteiger partial charge in [-0.1, -0.05) is 45.9 Å². The second-order valence-corrected chi connectivity index (χ2v) is 4.94. The van der Waals surface area contributed by atoms with Crippen LogP contribution in [0.15, 0.2) is 18.2 Å². The normalized spacial score (nSPS) is 12.3. The van der Waals surface area contributed by atoms with Crippen LogP contribution in [0.2, 0.25) is 0 Å². The zero-order valence-corrected chi connectivity index (χ0v) is 10.9. The van der Waals surface area contributed by atoms with E-state index in [0.29, 0.717) is 5.56 Å². The molecule has 0 aliphatic carbocycles. The van der Waals surface area contributed by atoms with Gasteiger partial charge in [-0.3, -0.25) is 4.79 Å². The van der Waals surface area contributed by atoms with Crippen LogP contribution in [-0.4, -0.2) is 12.0 Å². The fourth-order valence-electron chi connectivity index (χ4n) is 2.08. The van der Waals surface area contributed by atoms with Gasteiger partial charge in [0, 0.05) is 5.56 Å². The van der Waals surface area contributed by atoms with Crippen molar-refractivity contribution < 1.29 is 18.0 Å². The summed E-state index contributed by atoms with van der Waals surface area (Å²) in [6.45, 7) is 7.41. The summed E-state index contributed by atoms with van der Waals surface area (Å²) >= 11 is 0. The minimum atomic E-state index is -4.82. The van der Waals surface area contributed by atoms with E-state index in [1.807, 2.05) is 13.8 Å². The number of rotatable bonds is 3. The predicted octanol–water partition coefficient (Wildman–Crippen LogP) is 4.68. The van der Waals surface area contributed by atoms with Crippen LogP contribution in [0.4, 0.5) is 13.2 Å². The second kappa shape index (κ2) is 5.12. The van der Waals surface area contributed by atoms with Crippen LogP contribution in [0.1, 0.15) is 61.0 Å². The van der Waals surface area contributed by atoms with Crippen LogP contribution in [0, 0.1) is 0 Å². The van der Waals surface area contributed by atoms with E-state index in [2.05, 4.69) is 0 Å². The number of ketones is 1. The Bertz CT molecular complexity index is 445. The maximum atomic E-state index is 12.6. The fourth-order valence-corrected chi connectivity index (χ4v) is 2.08. The molecule has 0 aliphatic heterocycles. The molecule has 100 valence electrons. The molecule has 0 fully saturated rings. The largest absolute Gasteiger partial charge is 0.454 e. The van der Waals surface area contributed by atoms with E-state index in [-0.39, 0.29) is 17.4 Å². The maximum absolute atomic E-state index is 12.6. The van der Waals surface area contributed by atoms with E-state index in [1.54, 1.807) is 19.9 Å². The van der Waals surface area contributed by atoms with E-state index in [1.165, 1.54) is 12.1 Å². The van der Waals surface area contributed by atoms with E-state index in [9.17, 15) is 18.0 Å². The number of halogens is 3. The van der Waals surface area contributed by atoms with E-state index in [4.69, 9.17) is 0 Å². The molecule has 0 heterocycles. The maximum Gasteiger partial charge on any atom is 0.454 e. The summed E-state index contributed by atoms with van der Waals surface area (Å²) in [6.07, 6.45) is -4.82. The van der Waals surface area contributed by atoms with Gasteiger partial charge < -0.3 is 0 Å². The van der Waals surface area contributed by atoms with Crippen LogP contribution >= 0.6 is 0 Å². The summed E-state index contributed by atoms with van der Waals surface area (Å²) in [5.41, 5.74) is 1.10. The highest BCUT2D eigenvalue weighted by Gasteiger charge is 2.40. The van der Waals surface area contributed by atoms with Gasteiger partial charge in [-0.25, -0.2) is 0 Å². The Morgan fingerprint density at radius 2 is 1.61 bits per heavy atom. The summed E-state index contributed by atoms with van der Waals surface area (Å²) in [4.78, 5) is 11.4. The van der Waals surface area contributed by atoms with Crippen LogP contribution in [0.25, 0.3) is 0 Å². The third-order valence-corrected chi connectivity index (χ3v) is 2.84. The smallest absolute Gasteiger partial charge is 0.284 e. The highest BCUT2D eigenvalue weighted by atomic mass is 19.4. The molecule has 1 nitrogen and oxygen atoms in total. The van der Waals surface area contributed by atoms with Gasteiger partial charge in [0.25, 0.3) is 5.78 Å². The Labute approximate surface area is 105 Å². The minimum absolute atomic E-state index is 0.0865. The average molecular weight is 258 g/mol. The average Bonchev–Trinajstić information content (AvgIpc) is 2.25. The van der Waals surface area contributed by atoms with Crippen LogP contribution in [0.5, 0.6) is 0 Å². The lowest BCUT2D eigenvalue weighted by molar-refractivity contribution is -0.0886. The highest BCUT2D eigenvalue weighted by Crippen LogP contribution is 2.32. The molecule has 0 atom stereocenters. The van der Waals surface area contributed by atoms with E-state index < -0.39 is 12.0 Å². The standard InChI is InChI=1S/C14H17F3O/c1-8(2)10-6-5-7-11(12(10)9(3)4)13(18)14(15,16)17/h5-9H,1-4H3. The van der Waals surface area contributed by atoms with Crippen molar-refractivity contribution in [3.05, 3.63) is 34.9 Å². The number of carbonyl (C=O) groups excluding carboxylic acids is 1. The molecule has 0 N–H and O–H groups in total. The van der Waals surface area contributed by atoms with Gasteiger partial charge in [0.05, 0.1) is 0 Å². The SMILES string of the molecule is CC(C)c1cccc(C(=O)C(F)(F)F)c1C(C)C. The van der Waals surface area contributed by atoms with Crippen LogP contribution in [0.3, 0.4) is 0 Å². The fraction of sp³-hybridized carbons (Fsp3) is 0.500. The lowest BCUT2D eigenvalue weighted by atomic mass is 9.85. The number of carbonyl (C=O) groups is 1. The Hall–Kier alpha value is -1.32. The first-order valence-electron chi connectivity index (χ1n) is 5.90. The zero-order valence-electron chi connectivity index (χ0n) is 10.9. The molecule has 0 amide bonds. The Morgan fingerprint density at radius 3 is 2.00 bits per heavy atom. The monoisotopic (exact) mass is 258 g/mol. The van der Waals surface area contributed by atoms with E-state index in [0.717, 1.165) is 5.56 Å². The van der Waals surface area contributed by atoms with E-state index >= 15 is 0 Å². The van der Waals surface area contributed by atoms with Crippen LogP contribution < -0.4 is 0 Å². The van der Waals surface area contributed by atoms with Crippen molar-refractivity contribution in [3.8, 4) is 0 Å². The van der Waals surface area contributed by atoms with Gasteiger partial charge in [-0.15, -0.1) is 0 Å². The molecule has 0 radical (unpaired) electrons. The molecule has 1 aromatic carbocycles. The van der Waals surface area contributed by atoms with Crippen molar-refractivity contribution >= 4 is 5.78 Å². The molecule has 0 bridgehead atoms. The molecule has 0 unspecified atom stereocenters. The quantitative estimate of drug-likeness (QED) is 0.719. The molecular weight excluding hydrogens is 241 g/mol. The lowest BCUT2D eigenvalue weighted by Crippen LogP contribution is -2.25. The molecule has 0 saturated carbocycles. The van der Waals surface area contributed by atoms with Gasteiger partial charge in [0.1, 0.15) is 0 Å². The van der Waals surface area contributed by atoms with Crippen molar-refractivity contribution in [2.24, 2.45) is 0 Å². The first-order chi connectivity index (χ1) is 8.16. The van der Waals surface area contributed by atoms with Gasteiger partial charge >= 0.3 is 6.18 Å². The van der Waals surface area contributed by atoms with Gasteiger partial charge in [0.15, 0.2) is 0 Å². The van der Waals surface area contributed by atoms with Crippen LogP contribution in [-0.2, 0) is 0 Å². The first kappa shape index (κ1) is 14.7. The molecular formula is C14H17F3O. The number of hydrogen-bond donors (Lipinski definition) is 0. The molecule has 0 spiro atoms. The third-order valence-electron chi connectivity index (χ3n) is 2.84. The summed E-state index contributed by atoms with van der Waals surface area (Å²) in [5, 5.41) is 0. The number of Topliss-reactive ketones (excluding diaryl/α,β-unsaturated/α-hetero) is 1. The molecule has 18 heavy (non-hydrogen) atoms. The molecule has 1 rings (SSSR count). The highest BCUT2D eigenvalue weighted by molar-refractivity contribution is 6.02. The lowest BCUT2D eigenvalue weighted by Gasteiger charge is -2.20. The first-order valence-corrected chi connectivity index (χ1v) is 5.90. The Balaban J connectivity index is 3.46. The number of benzene rings is 1. The van der Waals surface area contributed by atoms with Crippen molar-refractivity contribution in [3.63, 3.8) is 0 Å². The number of hydrogen-bond acceptors (Lipinski definition) is 1. The van der Waals surface area contributed by atoms with Gasteiger partial charge in [0.2, 0.25) is 0 Å². The Morgan fingerprint density at radius 1 is 1.06 bits per heavy atom. The summed E-state index contributed by atoms with van der Waals surface area (Å²) < 4.78 is 37.7. The zero-order chi connectivity index (χ0) is 14.1. The minimum Gasteiger partial charge on any atom is -0.284 e. The Kier molecular flexibility index (Phi) is 4.20. The van der Waals surface area contributed by atoms with Crippen molar-refractivity contribution in [1.82, 2.24) is 0 Å². The molecule has 0 aliphatic rings. The summed E-state index contributed by atoms with van der Waals surface area (Å²) in [5.74, 6) is -1.79. The third kappa shape index (κ3) is 2.92. The van der Waals surface area contributed by atoms with Crippen molar-refractivity contribution in [2.75, 3.05) is 0 Å². The summed E-state index contributed by atoms with van der Waals surface area (Å²) in [6, 6.07) is 4.56. The molecule has 0 saturated heterocycles. The van der Waals surface area contributed by atoms with Crippen molar-refractivity contribution in [1.29, 1.82) is 0 Å². The predicted molar refractivity (Wildman–Crippen MR) is 65.0 cm³/mol.